The molecule has 0 N–H and O–H groups in total. The van der Waals surface area contributed by atoms with Crippen molar-refractivity contribution < 1.29 is 48.2 Å². The molecule has 0 radical (unpaired) electrons. The molecular formula is C67H60N4OPt-2. The number of hydrogen-bond acceptors (Lipinski definition) is 2. The molecule has 0 aliphatic rings. The van der Waals surface area contributed by atoms with Crippen molar-refractivity contribution in [2.75, 3.05) is 0 Å². The summed E-state index contributed by atoms with van der Waals surface area (Å²) in [6.45, 7) is 17.0. The van der Waals surface area contributed by atoms with E-state index in [-0.39, 0.29) is 83.6 Å². The summed E-state index contributed by atoms with van der Waals surface area (Å²) in [4.78, 5) is 4.71. The van der Waals surface area contributed by atoms with E-state index in [0.717, 1.165) is 38.7 Å². The van der Waals surface area contributed by atoms with Gasteiger partial charge in [-0.25, -0.2) is 4.98 Å². The maximum absolute atomic E-state index is 9.00. The number of rotatable bonds is 8. The minimum Gasteiger partial charge on any atom is -0.510 e. The second kappa shape index (κ2) is 18.9. The number of benzene rings is 8. The normalized spacial score (nSPS) is 14.8. The molecule has 8 aromatic carbocycles. The Morgan fingerprint density at radius 2 is 1.29 bits per heavy atom. The topological polar surface area (TPSA) is 35.9 Å². The van der Waals surface area contributed by atoms with E-state index in [2.05, 4.69) is 122 Å². The quantitative estimate of drug-likeness (QED) is 0.112. The van der Waals surface area contributed by atoms with E-state index in [1.54, 1.807) is 22.8 Å². The van der Waals surface area contributed by atoms with Crippen molar-refractivity contribution in [3.63, 3.8) is 0 Å². The number of aryl methyl sites for hydroxylation is 1. The van der Waals surface area contributed by atoms with E-state index in [0.29, 0.717) is 33.3 Å². The molecule has 0 amide bonds. The Kier molecular flexibility index (Phi) is 9.27. The molecule has 0 saturated carbocycles. The van der Waals surface area contributed by atoms with Gasteiger partial charge in [-0.1, -0.05) is 195 Å². The average Bonchev–Trinajstić information content (AvgIpc) is 1.64. The van der Waals surface area contributed by atoms with Crippen LogP contribution in [0.25, 0.3) is 83.4 Å². The molecule has 0 spiro atoms. The third kappa shape index (κ3) is 9.37. The molecule has 11 aromatic rings. The van der Waals surface area contributed by atoms with Gasteiger partial charge in [0.2, 0.25) is 0 Å². The van der Waals surface area contributed by atoms with Gasteiger partial charge < -0.3 is 13.9 Å². The van der Waals surface area contributed by atoms with Gasteiger partial charge in [0, 0.05) is 54.0 Å². The molecule has 366 valence electrons. The Labute approximate surface area is 463 Å². The van der Waals surface area contributed by atoms with E-state index < -0.39 is 60.6 Å². The molecular weight excluding hydrogens is 1070 g/mol. The van der Waals surface area contributed by atoms with Gasteiger partial charge >= 0.3 is 0 Å². The van der Waals surface area contributed by atoms with Gasteiger partial charge in [0.1, 0.15) is 5.82 Å². The zero-order valence-corrected chi connectivity index (χ0v) is 44.3. The summed E-state index contributed by atoms with van der Waals surface area (Å²) in [6, 6.07) is 38.6. The van der Waals surface area contributed by atoms with Crippen molar-refractivity contribution in [1.29, 1.82) is 0 Å². The molecule has 73 heavy (non-hydrogen) atoms. The predicted molar refractivity (Wildman–Crippen MR) is 297 cm³/mol. The maximum Gasteiger partial charge on any atom is 0.268 e. The number of aromatic nitrogens is 4. The number of nitrogens with zero attached hydrogens (tertiary/aromatic N) is 4. The van der Waals surface area contributed by atoms with Crippen LogP contribution >= 0.6 is 0 Å². The monoisotopic (exact) mass is 1140 g/mol. The van der Waals surface area contributed by atoms with Crippen LogP contribution < -0.4 is 9.30 Å². The number of ether oxygens (including phenoxy) is 1. The number of pyridine rings is 1. The van der Waals surface area contributed by atoms with Crippen molar-refractivity contribution in [1.82, 2.24) is 14.1 Å². The van der Waals surface area contributed by atoms with Crippen molar-refractivity contribution in [2.24, 2.45) is 0 Å². The first-order chi connectivity index (χ1) is 39.8. The molecule has 6 heteroatoms. The molecule has 0 aliphatic carbocycles. The first kappa shape index (κ1) is 35.7. The molecule has 5 nitrogen and oxygen atoms in total. The largest absolute Gasteiger partial charge is 0.510 e. The molecule has 0 aliphatic heterocycles. The van der Waals surface area contributed by atoms with Crippen LogP contribution in [0.5, 0.6) is 11.5 Å². The summed E-state index contributed by atoms with van der Waals surface area (Å²) in [5, 5.41) is 1.55. The van der Waals surface area contributed by atoms with E-state index in [9.17, 15) is 0 Å². The molecule has 0 unspecified atom stereocenters. The Hall–Kier alpha value is -7.33. The summed E-state index contributed by atoms with van der Waals surface area (Å²) >= 11 is 0. The maximum atomic E-state index is 9.00. The second-order valence-corrected chi connectivity index (χ2v) is 21.3. The summed E-state index contributed by atoms with van der Waals surface area (Å²) in [6.07, 6.45) is 4.97. The van der Waals surface area contributed by atoms with Gasteiger partial charge in [0.15, 0.2) is 0 Å². The van der Waals surface area contributed by atoms with Crippen LogP contribution in [0.4, 0.5) is 0 Å². The van der Waals surface area contributed by atoms with E-state index in [1.165, 1.54) is 17.8 Å². The first-order valence-corrected chi connectivity index (χ1v) is 24.0. The minimum absolute atomic E-state index is 0. The van der Waals surface area contributed by atoms with E-state index >= 15 is 0 Å². The van der Waals surface area contributed by atoms with Crippen LogP contribution in [0.2, 0.25) is 0 Å². The van der Waals surface area contributed by atoms with Gasteiger partial charge in [0.05, 0.1) is 30.4 Å². The fourth-order valence-electron chi connectivity index (χ4n) is 9.32. The van der Waals surface area contributed by atoms with Crippen LogP contribution in [-0.4, -0.2) is 14.1 Å². The minimum atomic E-state index is -2.80. The SMILES string of the molecule is [2H]c1c([2H])c([2H])c(-c2ccc3c(c2)n(-c2[c-]c(Oc4[c-]c5c(cc4)c4ccccc4n5-c4cc(C([2H])([2H])[2H])c(-c5c([2H])c([2H])c([2H])c([2H])c5[2H])cn4)ccc2)[c-][n+]3-c2c(-c3cccc(C(C)(C)C)c3)cc(C(C)(C)C)cc2C(C)(C)C)c([2H])c1[2H].[Pt]. The van der Waals surface area contributed by atoms with Crippen molar-refractivity contribution in [3.8, 4) is 62.1 Å². The number of fused-ring (bicyclic) bond motifs is 4. The van der Waals surface area contributed by atoms with Crippen LogP contribution in [0.1, 0.15) is 102 Å². The summed E-state index contributed by atoms with van der Waals surface area (Å²) in [5.74, 6) is 0.733. The molecule has 0 fully saturated rings. The van der Waals surface area contributed by atoms with Gasteiger partial charge in [0.25, 0.3) is 6.33 Å². The second-order valence-electron chi connectivity index (χ2n) is 21.3. The molecule has 3 aromatic heterocycles. The Balaban J connectivity index is 0.00000820. The van der Waals surface area contributed by atoms with Gasteiger partial charge in [-0.3, -0.25) is 4.57 Å². The standard InChI is InChI=1S/C67H60N4O.Pt/c1-44-35-63(68-42-57(44)46-23-15-12-16-24-46)71-59-30-18-17-29-54(59)55-33-32-53(41-61(55)71)72-52-28-20-27-51(40-52)69-43-70(60-34-31-47(37-62(60)69)45-21-13-11-14-22-45)64-56(48-25-19-26-49(36-48)65(2,3)4)38-50(66(5,6)7)39-58(64)67(8,9)10;/h11-39,42H,1-10H3;/q-2;/i1D3,11D,12D,13D,14D,15D,16D,21D,22D,23D,24D;. The molecule has 0 atom stereocenters. The van der Waals surface area contributed by atoms with Crippen molar-refractivity contribution >= 4 is 32.8 Å². The van der Waals surface area contributed by atoms with Gasteiger partial charge in [-0.2, -0.15) is 18.2 Å². The van der Waals surface area contributed by atoms with Crippen LogP contribution in [0.3, 0.4) is 0 Å². The Bertz CT molecular complexity index is 4520. The Morgan fingerprint density at radius 1 is 0.575 bits per heavy atom. The first-order valence-electron chi connectivity index (χ1n) is 30.5. The fourth-order valence-corrected chi connectivity index (χ4v) is 9.32. The molecule has 0 saturated heterocycles. The van der Waals surface area contributed by atoms with E-state index in [1.807, 2.05) is 59.2 Å². The molecule has 0 bridgehead atoms. The van der Waals surface area contributed by atoms with E-state index in [4.69, 9.17) is 27.5 Å². The van der Waals surface area contributed by atoms with Crippen LogP contribution in [0.15, 0.2) is 182 Å². The zero-order chi connectivity index (χ0) is 61.3. The third-order valence-electron chi connectivity index (χ3n) is 13.2. The van der Waals surface area contributed by atoms with Crippen LogP contribution in [-0.2, 0) is 37.3 Å². The van der Waals surface area contributed by atoms with Crippen LogP contribution in [0, 0.1) is 25.3 Å². The zero-order valence-electron chi connectivity index (χ0n) is 55.1. The third-order valence-corrected chi connectivity index (χ3v) is 13.2. The summed E-state index contributed by atoms with van der Waals surface area (Å²) in [7, 11) is 0. The Morgan fingerprint density at radius 3 is 2.01 bits per heavy atom. The number of imidazole rings is 1. The smallest absolute Gasteiger partial charge is 0.268 e. The van der Waals surface area contributed by atoms with Gasteiger partial charge in [-0.15, -0.1) is 29.7 Å². The molecule has 11 rings (SSSR count). The average molecular weight is 1150 g/mol. The molecule has 3 heterocycles. The number of hydrogen-bond donors (Lipinski definition) is 0. The summed E-state index contributed by atoms with van der Waals surface area (Å²) in [5.41, 5.74) is 8.24. The van der Waals surface area contributed by atoms with Gasteiger partial charge in [-0.05, 0) is 102 Å². The number of para-hydroxylation sites is 1. The van der Waals surface area contributed by atoms with Crippen molar-refractivity contribution in [3.05, 3.63) is 223 Å². The van der Waals surface area contributed by atoms with Crippen molar-refractivity contribution in [2.45, 2.75) is 85.4 Å². The summed E-state index contributed by atoms with van der Waals surface area (Å²) < 4.78 is 124. The predicted octanol–water partition coefficient (Wildman–Crippen LogP) is 16.8. The fraction of sp³-hybridized carbons (Fsp3) is 0.194.